The van der Waals surface area contributed by atoms with Crippen LogP contribution >= 0.6 is 0 Å². The first-order chi connectivity index (χ1) is 13.5. The summed E-state index contributed by atoms with van der Waals surface area (Å²) in [7, 11) is 0. The molecule has 0 bridgehead atoms. The van der Waals surface area contributed by atoms with Crippen molar-refractivity contribution in [2.45, 2.75) is 44.2 Å². The third-order valence-corrected chi connectivity index (χ3v) is 4.87. The molecule has 0 saturated heterocycles. The van der Waals surface area contributed by atoms with E-state index < -0.39 is 11.9 Å². The first-order valence-corrected chi connectivity index (χ1v) is 9.32. The lowest BCUT2D eigenvalue weighted by Gasteiger charge is -2.14. The number of aliphatic carboxylic acids is 1. The van der Waals surface area contributed by atoms with Crippen LogP contribution in [0.15, 0.2) is 18.5 Å². The molecule has 2 heterocycles. The second-order valence-electron chi connectivity index (χ2n) is 7.20. The summed E-state index contributed by atoms with van der Waals surface area (Å²) in [5.41, 5.74) is 7.25. The van der Waals surface area contributed by atoms with Crippen LogP contribution < -0.4 is 11.1 Å². The van der Waals surface area contributed by atoms with E-state index in [2.05, 4.69) is 20.3 Å². The number of nitrogens with two attached hydrogens (primary N) is 1. The van der Waals surface area contributed by atoms with Crippen molar-refractivity contribution in [3.8, 4) is 0 Å². The Balaban J connectivity index is 1.41. The average molecular weight is 386 g/mol. The van der Waals surface area contributed by atoms with Gasteiger partial charge in [-0.1, -0.05) is 12.2 Å². The van der Waals surface area contributed by atoms with Crippen molar-refractivity contribution < 1.29 is 19.4 Å². The van der Waals surface area contributed by atoms with Crippen molar-refractivity contribution >= 4 is 34.9 Å². The highest BCUT2D eigenvalue weighted by Crippen LogP contribution is 2.33. The Hall–Kier alpha value is -3.17. The van der Waals surface area contributed by atoms with Gasteiger partial charge in [-0.2, -0.15) is 9.97 Å². The molecule has 2 aromatic heterocycles. The fraction of sp³-hybridized carbons (Fsp3) is 0.500. The third-order valence-electron chi connectivity index (χ3n) is 4.87. The van der Waals surface area contributed by atoms with Crippen LogP contribution in [0.4, 0.5) is 11.8 Å². The third kappa shape index (κ3) is 4.05. The Morgan fingerprint density at radius 1 is 1.29 bits per heavy atom. The minimum atomic E-state index is -1.01. The summed E-state index contributed by atoms with van der Waals surface area (Å²) in [6.07, 6.45) is 8.38. The SMILES string of the molecule is Nc1nc(NC2CC2)c2ncn([C@H]3C=C[C@@H](COC(=O)CCC(=O)O)C3)c2n1. The second-order valence-corrected chi connectivity index (χ2v) is 7.20. The standard InChI is InChI=1S/C18H22N6O4/c19-18-22-16(21-11-2-3-11)15-17(23-18)24(9-20-15)12-4-1-10(7-12)8-28-14(27)6-5-13(25)26/h1,4,9-12H,2-3,5-8H2,(H,25,26)(H3,19,21,22,23)/t10-,12+/m1/s1. The van der Waals surface area contributed by atoms with E-state index in [0.717, 1.165) is 19.3 Å². The maximum Gasteiger partial charge on any atom is 0.306 e. The number of aromatic nitrogens is 4. The van der Waals surface area contributed by atoms with E-state index in [0.29, 0.717) is 23.0 Å². The number of hydrogen-bond acceptors (Lipinski definition) is 8. The van der Waals surface area contributed by atoms with Crippen molar-refractivity contribution in [3.05, 3.63) is 18.5 Å². The van der Waals surface area contributed by atoms with Crippen LogP contribution in [-0.4, -0.2) is 49.2 Å². The lowest BCUT2D eigenvalue weighted by atomic mass is 10.1. The zero-order valence-electron chi connectivity index (χ0n) is 15.2. The van der Waals surface area contributed by atoms with Gasteiger partial charge in [0, 0.05) is 12.0 Å². The second kappa shape index (κ2) is 7.45. The van der Waals surface area contributed by atoms with E-state index in [4.69, 9.17) is 15.6 Å². The van der Waals surface area contributed by atoms with E-state index in [9.17, 15) is 9.59 Å². The summed E-state index contributed by atoms with van der Waals surface area (Å²) in [6, 6.07) is 0.449. The fourth-order valence-corrected chi connectivity index (χ4v) is 3.26. The molecule has 2 atom stereocenters. The number of fused-ring (bicyclic) bond motifs is 1. The quantitative estimate of drug-likeness (QED) is 0.454. The van der Waals surface area contributed by atoms with Crippen molar-refractivity contribution in [2.24, 2.45) is 5.92 Å². The molecule has 2 aliphatic carbocycles. The van der Waals surface area contributed by atoms with Gasteiger partial charge < -0.3 is 25.5 Å². The molecule has 4 N–H and O–H groups in total. The number of carboxylic acids is 1. The first-order valence-electron chi connectivity index (χ1n) is 9.32. The lowest BCUT2D eigenvalue weighted by molar-refractivity contribution is -0.148. The van der Waals surface area contributed by atoms with Gasteiger partial charge in [0.1, 0.15) is 0 Å². The number of imidazole rings is 1. The van der Waals surface area contributed by atoms with Crippen molar-refractivity contribution in [2.75, 3.05) is 17.7 Å². The topological polar surface area (TPSA) is 145 Å². The molecule has 0 aliphatic heterocycles. The van der Waals surface area contributed by atoms with Gasteiger partial charge in [-0.3, -0.25) is 9.59 Å². The maximum atomic E-state index is 11.6. The molecule has 10 nitrogen and oxygen atoms in total. The molecule has 10 heteroatoms. The molecule has 148 valence electrons. The Kier molecular flexibility index (Phi) is 4.84. The summed E-state index contributed by atoms with van der Waals surface area (Å²) in [6.45, 7) is 0.226. The Bertz CT molecular complexity index is 936. The minimum absolute atomic E-state index is 0.0239. The summed E-state index contributed by atoms with van der Waals surface area (Å²) in [4.78, 5) is 35.2. The number of esters is 1. The van der Waals surface area contributed by atoms with Crippen LogP contribution in [0.25, 0.3) is 11.2 Å². The lowest BCUT2D eigenvalue weighted by Crippen LogP contribution is -2.14. The smallest absolute Gasteiger partial charge is 0.306 e. The maximum absolute atomic E-state index is 11.6. The molecule has 0 aromatic carbocycles. The normalized spacial score (nSPS) is 21.1. The number of nitrogen functional groups attached to an aromatic ring is 1. The first kappa shape index (κ1) is 18.2. The van der Waals surface area contributed by atoms with Gasteiger partial charge in [0.05, 0.1) is 31.8 Å². The van der Waals surface area contributed by atoms with Gasteiger partial charge in [0.2, 0.25) is 5.95 Å². The number of ether oxygens (including phenoxy) is 1. The summed E-state index contributed by atoms with van der Waals surface area (Å²) < 4.78 is 7.14. The van der Waals surface area contributed by atoms with Gasteiger partial charge in [-0.15, -0.1) is 0 Å². The van der Waals surface area contributed by atoms with E-state index in [-0.39, 0.29) is 37.4 Å². The Labute approximate surface area is 160 Å². The van der Waals surface area contributed by atoms with E-state index in [1.165, 1.54) is 0 Å². The zero-order chi connectivity index (χ0) is 19.7. The van der Waals surface area contributed by atoms with Crippen molar-refractivity contribution in [3.63, 3.8) is 0 Å². The molecule has 2 aromatic rings. The number of nitrogens with one attached hydrogen (secondary N) is 1. The molecule has 0 unspecified atom stereocenters. The van der Waals surface area contributed by atoms with Crippen LogP contribution in [0, 0.1) is 5.92 Å². The molecule has 0 amide bonds. The van der Waals surface area contributed by atoms with Gasteiger partial charge in [0.25, 0.3) is 0 Å². The number of carbonyl (C=O) groups is 2. The number of nitrogens with zero attached hydrogens (tertiary/aromatic N) is 4. The summed E-state index contributed by atoms with van der Waals surface area (Å²) in [5, 5.41) is 11.9. The van der Waals surface area contributed by atoms with Crippen LogP contribution in [0.3, 0.4) is 0 Å². The highest BCUT2D eigenvalue weighted by molar-refractivity contribution is 5.84. The molecular formula is C18H22N6O4. The van der Waals surface area contributed by atoms with Crippen LogP contribution in [0.2, 0.25) is 0 Å². The monoisotopic (exact) mass is 386 g/mol. The highest BCUT2D eigenvalue weighted by Gasteiger charge is 2.27. The average Bonchev–Trinajstić information content (AvgIpc) is 3.17. The molecule has 2 aliphatic rings. The zero-order valence-corrected chi connectivity index (χ0v) is 15.2. The fourth-order valence-electron chi connectivity index (χ4n) is 3.26. The van der Waals surface area contributed by atoms with Crippen molar-refractivity contribution in [1.29, 1.82) is 0 Å². The van der Waals surface area contributed by atoms with E-state index in [1.807, 2.05) is 16.7 Å². The Morgan fingerprint density at radius 3 is 2.86 bits per heavy atom. The van der Waals surface area contributed by atoms with E-state index >= 15 is 0 Å². The molecule has 28 heavy (non-hydrogen) atoms. The highest BCUT2D eigenvalue weighted by atomic mass is 16.5. The summed E-state index contributed by atoms with van der Waals surface area (Å²) in [5.74, 6) is -0.595. The van der Waals surface area contributed by atoms with E-state index in [1.54, 1.807) is 6.33 Å². The van der Waals surface area contributed by atoms with Gasteiger partial charge >= 0.3 is 11.9 Å². The molecule has 0 radical (unpaired) electrons. The molecule has 0 spiro atoms. The van der Waals surface area contributed by atoms with Gasteiger partial charge in [-0.05, 0) is 19.3 Å². The molecule has 4 rings (SSSR count). The minimum Gasteiger partial charge on any atom is -0.481 e. The summed E-state index contributed by atoms with van der Waals surface area (Å²) >= 11 is 0. The number of anilines is 2. The number of rotatable bonds is 8. The molecule has 1 fully saturated rings. The number of allylic oxidation sites excluding steroid dienone is 1. The Morgan fingerprint density at radius 2 is 2.11 bits per heavy atom. The number of carboxylic acid groups (broad SMARTS) is 1. The van der Waals surface area contributed by atoms with Crippen LogP contribution in [0.1, 0.15) is 38.1 Å². The number of hydrogen-bond donors (Lipinski definition) is 3. The predicted octanol–water partition coefficient (Wildman–Crippen LogP) is 1.51. The largest absolute Gasteiger partial charge is 0.481 e. The van der Waals surface area contributed by atoms with Crippen LogP contribution in [0.5, 0.6) is 0 Å². The number of carbonyl (C=O) groups excluding carboxylic acids is 1. The van der Waals surface area contributed by atoms with Crippen molar-refractivity contribution in [1.82, 2.24) is 19.5 Å². The molecular weight excluding hydrogens is 364 g/mol. The van der Waals surface area contributed by atoms with Gasteiger partial charge in [-0.25, -0.2) is 4.98 Å². The molecule has 1 saturated carbocycles. The van der Waals surface area contributed by atoms with Gasteiger partial charge in [0.15, 0.2) is 17.0 Å². The predicted molar refractivity (Wildman–Crippen MR) is 100 cm³/mol. The van der Waals surface area contributed by atoms with Crippen LogP contribution in [-0.2, 0) is 14.3 Å².